The van der Waals surface area contributed by atoms with Gasteiger partial charge in [0.15, 0.2) is 0 Å². The summed E-state index contributed by atoms with van der Waals surface area (Å²) in [6.07, 6.45) is 2.27. The van der Waals surface area contributed by atoms with E-state index in [1.54, 1.807) is 0 Å². The van der Waals surface area contributed by atoms with E-state index in [4.69, 9.17) is 5.73 Å². The molecule has 3 nitrogen and oxygen atoms in total. The number of nitrogens with zero attached hydrogens (tertiary/aromatic N) is 1. The van der Waals surface area contributed by atoms with Crippen molar-refractivity contribution in [3.05, 3.63) is 35.4 Å². The molecule has 3 rings (SSSR count). The molecule has 2 atom stereocenters. The molecule has 0 aromatic heterocycles. The Morgan fingerprint density at radius 2 is 2.00 bits per heavy atom. The fourth-order valence-electron chi connectivity index (χ4n) is 2.93. The van der Waals surface area contributed by atoms with Crippen molar-refractivity contribution in [2.75, 3.05) is 13.1 Å². The summed E-state index contributed by atoms with van der Waals surface area (Å²) in [4.78, 5) is 14.0. The van der Waals surface area contributed by atoms with Crippen LogP contribution in [0.1, 0.15) is 35.9 Å². The minimum absolute atomic E-state index is 0.0923. The third-order valence-electron chi connectivity index (χ3n) is 3.77. The van der Waals surface area contributed by atoms with E-state index < -0.39 is 6.04 Å². The van der Waals surface area contributed by atoms with Crippen LogP contribution in [0.25, 0.3) is 0 Å². The molecule has 1 fully saturated rings. The van der Waals surface area contributed by atoms with E-state index in [1.807, 2.05) is 23.1 Å². The third-order valence-corrected chi connectivity index (χ3v) is 3.77. The van der Waals surface area contributed by atoms with E-state index in [1.165, 1.54) is 12.0 Å². The molecule has 2 aliphatic heterocycles. The first-order valence-corrected chi connectivity index (χ1v) is 5.90. The second-order valence-electron chi connectivity index (χ2n) is 4.73. The normalized spacial score (nSPS) is 28.6. The SMILES string of the molecule is N[C@H]1C(=O)N2CCC[C@@H](C2)c2ccccc21. The van der Waals surface area contributed by atoms with Crippen LogP contribution in [0.5, 0.6) is 0 Å². The van der Waals surface area contributed by atoms with Crippen LogP contribution in [-0.4, -0.2) is 23.9 Å². The maximum absolute atomic E-state index is 12.1. The summed E-state index contributed by atoms with van der Waals surface area (Å²) in [5, 5.41) is 0. The largest absolute Gasteiger partial charge is 0.340 e. The monoisotopic (exact) mass is 216 g/mol. The molecule has 1 amide bonds. The van der Waals surface area contributed by atoms with Crippen molar-refractivity contribution < 1.29 is 4.79 Å². The molecule has 84 valence electrons. The summed E-state index contributed by atoms with van der Waals surface area (Å²) in [5.41, 5.74) is 8.37. The predicted molar refractivity (Wildman–Crippen MR) is 61.9 cm³/mol. The zero-order valence-electron chi connectivity index (χ0n) is 9.23. The highest BCUT2D eigenvalue weighted by atomic mass is 16.2. The molecule has 0 aliphatic carbocycles. The van der Waals surface area contributed by atoms with Crippen molar-refractivity contribution in [3.63, 3.8) is 0 Å². The smallest absolute Gasteiger partial charge is 0.244 e. The van der Waals surface area contributed by atoms with E-state index in [0.29, 0.717) is 5.92 Å². The molecule has 0 spiro atoms. The molecular formula is C13H16N2O. The first kappa shape index (κ1) is 9.85. The lowest BCUT2D eigenvalue weighted by Crippen LogP contribution is -2.41. The number of fused-ring (bicyclic) bond motifs is 4. The molecule has 16 heavy (non-hydrogen) atoms. The van der Waals surface area contributed by atoms with Crippen LogP contribution in [-0.2, 0) is 4.79 Å². The molecule has 1 saturated heterocycles. The second-order valence-corrected chi connectivity index (χ2v) is 4.73. The van der Waals surface area contributed by atoms with Crippen LogP contribution in [0.3, 0.4) is 0 Å². The summed E-state index contributed by atoms with van der Waals surface area (Å²) in [5.74, 6) is 0.581. The summed E-state index contributed by atoms with van der Waals surface area (Å²) in [6.45, 7) is 1.72. The molecular weight excluding hydrogens is 200 g/mol. The van der Waals surface area contributed by atoms with Gasteiger partial charge in [-0.05, 0) is 24.0 Å². The second kappa shape index (κ2) is 3.59. The maximum Gasteiger partial charge on any atom is 0.244 e. The molecule has 0 unspecified atom stereocenters. The third kappa shape index (κ3) is 1.35. The van der Waals surface area contributed by atoms with Crippen molar-refractivity contribution in [1.82, 2.24) is 4.90 Å². The molecule has 2 bridgehead atoms. The molecule has 2 heterocycles. The predicted octanol–water partition coefficient (Wildman–Crippen LogP) is 1.41. The first-order valence-electron chi connectivity index (χ1n) is 5.90. The van der Waals surface area contributed by atoms with Gasteiger partial charge in [0.05, 0.1) is 0 Å². The highest BCUT2D eigenvalue weighted by molar-refractivity contribution is 5.84. The Labute approximate surface area is 95.2 Å². The molecule has 2 aliphatic rings. The van der Waals surface area contributed by atoms with Gasteiger partial charge in [0.1, 0.15) is 6.04 Å². The molecule has 0 saturated carbocycles. The Morgan fingerprint density at radius 3 is 2.81 bits per heavy atom. The summed E-state index contributed by atoms with van der Waals surface area (Å²) >= 11 is 0. The lowest BCUT2D eigenvalue weighted by Gasteiger charge is -2.30. The number of carbonyl (C=O) groups is 1. The summed E-state index contributed by atoms with van der Waals surface area (Å²) in [6, 6.07) is 7.68. The van der Waals surface area contributed by atoms with Crippen molar-refractivity contribution in [1.29, 1.82) is 0 Å². The first-order chi connectivity index (χ1) is 7.77. The number of rotatable bonds is 0. The van der Waals surface area contributed by atoms with Gasteiger partial charge in [-0.2, -0.15) is 0 Å². The van der Waals surface area contributed by atoms with Gasteiger partial charge in [0, 0.05) is 19.0 Å². The highest BCUT2D eigenvalue weighted by Crippen LogP contribution is 2.35. The minimum Gasteiger partial charge on any atom is -0.340 e. The standard InChI is InChI=1S/C13H16N2O/c14-12-11-6-2-1-5-10(11)9-4-3-7-15(8-9)13(12)16/h1-2,5-6,9,12H,3-4,7-8,14H2/t9-,12+/m0/s1. The maximum atomic E-state index is 12.1. The molecule has 2 N–H and O–H groups in total. The Kier molecular flexibility index (Phi) is 2.21. The zero-order valence-corrected chi connectivity index (χ0v) is 9.23. The minimum atomic E-state index is -0.459. The van der Waals surface area contributed by atoms with Crippen molar-refractivity contribution in [3.8, 4) is 0 Å². The Bertz CT molecular complexity index is 430. The van der Waals surface area contributed by atoms with Crippen LogP contribution in [0, 0.1) is 0 Å². The summed E-state index contributed by atoms with van der Waals surface area (Å²) in [7, 11) is 0. The number of nitrogens with two attached hydrogens (primary N) is 1. The highest BCUT2D eigenvalue weighted by Gasteiger charge is 2.34. The van der Waals surface area contributed by atoms with Crippen LogP contribution < -0.4 is 5.73 Å². The quantitative estimate of drug-likeness (QED) is 0.712. The fourth-order valence-corrected chi connectivity index (χ4v) is 2.93. The number of hydrogen-bond acceptors (Lipinski definition) is 2. The van der Waals surface area contributed by atoms with Gasteiger partial charge in [-0.25, -0.2) is 0 Å². The van der Waals surface area contributed by atoms with Gasteiger partial charge in [0.2, 0.25) is 5.91 Å². The van der Waals surface area contributed by atoms with E-state index in [2.05, 4.69) is 6.07 Å². The van der Waals surface area contributed by atoms with Crippen LogP contribution >= 0.6 is 0 Å². The number of piperidine rings is 1. The molecule has 1 aromatic rings. The lowest BCUT2D eigenvalue weighted by molar-refractivity contribution is -0.133. The number of amides is 1. The van der Waals surface area contributed by atoms with E-state index >= 15 is 0 Å². The van der Waals surface area contributed by atoms with Crippen molar-refractivity contribution >= 4 is 5.91 Å². The van der Waals surface area contributed by atoms with E-state index in [-0.39, 0.29) is 5.91 Å². The zero-order chi connectivity index (χ0) is 11.1. The van der Waals surface area contributed by atoms with Gasteiger partial charge in [0.25, 0.3) is 0 Å². The van der Waals surface area contributed by atoms with Crippen molar-refractivity contribution in [2.45, 2.75) is 24.8 Å². The number of carbonyl (C=O) groups excluding carboxylic acids is 1. The average molecular weight is 216 g/mol. The molecule has 0 radical (unpaired) electrons. The Balaban J connectivity index is 2.13. The van der Waals surface area contributed by atoms with E-state index in [0.717, 1.165) is 25.1 Å². The van der Waals surface area contributed by atoms with Crippen LogP contribution in [0.4, 0.5) is 0 Å². The topological polar surface area (TPSA) is 46.3 Å². The Morgan fingerprint density at radius 1 is 1.25 bits per heavy atom. The van der Waals surface area contributed by atoms with Gasteiger partial charge >= 0.3 is 0 Å². The molecule has 1 aromatic carbocycles. The lowest BCUT2D eigenvalue weighted by atomic mass is 9.88. The summed E-state index contributed by atoms with van der Waals surface area (Å²) < 4.78 is 0. The Hall–Kier alpha value is -1.35. The van der Waals surface area contributed by atoms with Gasteiger partial charge in [-0.3, -0.25) is 4.79 Å². The molecule has 3 heteroatoms. The van der Waals surface area contributed by atoms with Crippen LogP contribution in [0.2, 0.25) is 0 Å². The van der Waals surface area contributed by atoms with Crippen LogP contribution in [0.15, 0.2) is 24.3 Å². The van der Waals surface area contributed by atoms with Gasteiger partial charge < -0.3 is 10.6 Å². The van der Waals surface area contributed by atoms with E-state index in [9.17, 15) is 4.79 Å². The van der Waals surface area contributed by atoms with Crippen molar-refractivity contribution in [2.24, 2.45) is 5.73 Å². The number of hydrogen-bond donors (Lipinski definition) is 1. The number of benzene rings is 1. The van der Waals surface area contributed by atoms with Gasteiger partial charge in [-0.1, -0.05) is 24.3 Å². The average Bonchev–Trinajstić information content (AvgIpc) is 2.42. The van der Waals surface area contributed by atoms with Gasteiger partial charge in [-0.15, -0.1) is 0 Å². The fraction of sp³-hybridized carbons (Fsp3) is 0.462.